The number of carboxylic acid groups (broad SMARTS) is 1. The van der Waals surface area contributed by atoms with Crippen LogP contribution in [0.3, 0.4) is 0 Å². The molecule has 0 aliphatic rings. The minimum Gasteiger partial charge on any atom is -0.497 e. The number of thioether (sulfide) groups is 1. The SMILES string of the molecule is COc1ccc(Sc2cnc(SC)nc2C(=O)O)cc1. The molecule has 2 rings (SSSR count). The van der Waals surface area contributed by atoms with Gasteiger partial charge in [0.15, 0.2) is 10.9 Å². The highest BCUT2D eigenvalue weighted by molar-refractivity contribution is 7.99. The Morgan fingerprint density at radius 1 is 1.30 bits per heavy atom. The standard InChI is InChI=1S/C13H12N2O3S2/c1-18-8-3-5-9(6-4-8)20-10-7-14-13(19-2)15-11(10)12(16)17/h3-7H,1-2H3,(H,16,17). The van der Waals surface area contributed by atoms with E-state index in [1.807, 2.05) is 24.3 Å². The van der Waals surface area contributed by atoms with Gasteiger partial charge in [-0.2, -0.15) is 0 Å². The highest BCUT2D eigenvalue weighted by atomic mass is 32.2. The lowest BCUT2D eigenvalue weighted by molar-refractivity contribution is 0.0685. The lowest BCUT2D eigenvalue weighted by Gasteiger charge is -2.06. The Kier molecular flexibility index (Phi) is 4.86. The van der Waals surface area contributed by atoms with Crippen LogP contribution in [0.1, 0.15) is 10.5 Å². The Morgan fingerprint density at radius 3 is 2.55 bits per heavy atom. The number of methoxy groups -OCH3 is 1. The summed E-state index contributed by atoms with van der Waals surface area (Å²) < 4.78 is 5.08. The van der Waals surface area contributed by atoms with Crippen LogP contribution < -0.4 is 4.74 Å². The van der Waals surface area contributed by atoms with Gasteiger partial charge < -0.3 is 9.84 Å². The maximum Gasteiger partial charge on any atom is 0.355 e. The van der Waals surface area contributed by atoms with Gasteiger partial charge in [0.05, 0.1) is 12.0 Å². The summed E-state index contributed by atoms with van der Waals surface area (Å²) in [5.41, 5.74) is 0.0187. The van der Waals surface area contributed by atoms with Crippen LogP contribution in [0.2, 0.25) is 0 Å². The Morgan fingerprint density at radius 2 is 2.00 bits per heavy atom. The zero-order valence-electron chi connectivity index (χ0n) is 10.9. The van der Waals surface area contributed by atoms with E-state index in [-0.39, 0.29) is 5.69 Å². The molecule has 7 heteroatoms. The van der Waals surface area contributed by atoms with Crippen LogP contribution in [0.25, 0.3) is 0 Å². The summed E-state index contributed by atoms with van der Waals surface area (Å²) in [6.45, 7) is 0. The fraction of sp³-hybridized carbons (Fsp3) is 0.154. The first-order valence-corrected chi connectivity index (χ1v) is 7.64. The maximum atomic E-state index is 11.2. The lowest BCUT2D eigenvalue weighted by Crippen LogP contribution is -2.04. The van der Waals surface area contributed by atoms with Gasteiger partial charge in [-0.05, 0) is 30.5 Å². The molecule has 104 valence electrons. The molecule has 1 N–H and O–H groups in total. The van der Waals surface area contributed by atoms with Crippen molar-refractivity contribution in [1.29, 1.82) is 0 Å². The fourth-order valence-corrected chi connectivity index (χ4v) is 2.65. The van der Waals surface area contributed by atoms with Gasteiger partial charge in [-0.1, -0.05) is 23.5 Å². The largest absolute Gasteiger partial charge is 0.497 e. The topological polar surface area (TPSA) is 72.3 Å². The molecule has 0 saturated heterocycles. The normalized spacial score (nSPS) is 10.3. The van der Waals surface area contributed by atoms with Crippen LogP contribution in [0.15, 0.2) is 45.4 Å². The quantitative estimate of drug-likeness (QED) is 0.672. The van der Waals surface area contributed by atoms with Crippen molar-refractivity contribution in [1.82, 2.24) is 9.97 Å². The van der Waals surface area contributed by atoms with Crippen molar-refractivity contribution >= 4 is 29.5 Å². The Hall–Kier alpha value is -1.73. The van der Waals surface area contributed by atoms with E-state index in [1.165, 1.54) is 29.7 Å². The Balaban J connectivity index is 2.29. The summed E-state index contributed by atoms with van der Waals surface area (Å²) in [7, 11) is 1.60. The number of ether oxygens (including phenoxy) is 1. The molecular formula is C13H12N2O3S2. The maximum absolute atomic E-state index is 11.2. The minimum atomic E-state index is -1.06. The number of carboxylic acids is 1. The molecule has 1 aromatic heterocycles. The number of aromatic carboxylic acids is 1. The third kappa shape index (κ3) is 3.43. The summed E-state index contributed by atoms with van der Waals surface area (Å²) in [5.74, 6) is -0.305. The van der Waals surface area contributed by atoms with Gasteiger partial charge in [-0.15, -0.1) is 0 Å². The van der Waals surface area contributed by atoms with Crippen LogP contribution in [0.4, 0.5) is 0 Å². The number of hydrogen-bond acceptors (Lipinski definition) is 6. The second-order valence-electron chi connectivity index (χ2n) is 3.65. The van der Waals surface area contributed by atoms with Crippen LogP contribution in [-0.2, 0) is 0 Å². The molecule has 0 saturated carbocycles. The zero-order chi connectivity index (χ0) is 14.5. The molecule has 0 spiro atoms. The van der Waals surface area contributed by atoms with Crippen molar-refractivity contribution in [2.45, 2.75) is 14.9 Å². The van der Waals surface area contributed by atoms with Crippen LogP contribution in [0.5, 0.6) is 5.75 Å². The number of nitrogens with zero attached hydrogens (tertiary/aromatic N) is 2. The average molecular weight is 308 g/mol. The summed E-state index contributed by atoms with van der Waals surface area (Å²) in [4.78, 5) is 20.8. The molecule has 0 atom stereocenters. The number of rotatable bonds is 5. The number of aromatic nitrogens is 2. The Labute approximate surface area is 124 Å². The molecule has 20 heavy (non-hydrogen) atoms. The van der Waals surface area contributed by atoms with E-state index in [0.717, 1.165) is 10.6 Å². The molecule has 1 aromatic carbocycles. The van der Waals surface area contributed by atoms with E-state index in [0.29, 0.717) is 10.1 Å². The van der Waals surface area contributed by atoms with Gasteiger partial charge in [0.2, 0.25) is 0 Å². The van der Waals surface area contributed by atoms with Crippen molar-refractivity contribution in [2.24, 2.45) is 0 Å². The van der Waals surface area contributed by atoms with Crippen LogP contribution in [-0.4, -0.2) is 34.4 Å². The average Bonchev–Trinajstić information content (AvgIpc) is 2.48. The second kappa shape index (κ2) is 6.62. The Bertz CT molecular complexity index is 618. The third-order valence-corrected chi connectivity index (χ3v) is 3.99. The first-order valence-electron chi connectivity index (χ1n) is 5.60. The molecule has 0 fully saturated rings. The van der Waals surface area contributed by atoms with E-state index in [4.69, 9.17) is 4.74 Å². The predicted octanol–water partition coefficient (Wildman–Crippen LogP) is 3.06. The summed E-state index contributed by atoms with van der Waals surface area (Å²) in [6, 6.07) is 7.36. The number of benzene rings is 1. The third-order valence-electron chi connectivity index (χ3n) is 2.41. The molecule has 5 nitrogen and oxygen atoms in total. The van der Waals surface area contributed by atoms with E-state index in [2.05, 4.69) is 9.97 Å². The smallest absolute Gasteiger partial charge is 0.355 e. The first kappa shape index (κ1) is 14.7. The van der Waals surface area contributed by atoms with Crippen LogP contribution >= 0.6 is 23.5 Å². The van der Waals surface area contributed by atoms with Crippen molar-refractivity contribution in [3.05, 3.63) is 36.2 Å². The predicted molar refractivity (Wildman–Crippen MR) is 77.9 cm³/mol. The van der Waals surface area contributed by atoms with E-state index in [9.17, 15) is 9.90 Å². The lowest BCUT2D eigenvalue weighted by atomic mass is 10.3. The van der Waals surface area contributed by atoms with Crippen molar-refractivity contribution in [2.75, 3.05) is 13.4 Å². The number of hydrogen-bond donors (Lipinski definition) is 1. The summed E-state index contributed by atoms with van der Waals surface area (Å²) in [6.07, 6.45) is 3.34. The van der Waals surface area contributed by atoms with Gasteiger partial charge >= 0.3 is 5.97 Å². The monoisotopic (exact) mass is 308 g/mol. The molecule has 1 heterocycles. The van der Waals surface area contributed by atoms with E-state index >= 15 is 0 Å². The fourth-order valence-electron chi connectivity index (χ4n) is 1.45. The minimum absolute atomic E-state index is 0.0187. The molecule has 0 radical (unpaired) electrons. The molecule has 0 bridgehead atoms. The van der Waals surface area contributed by atoms with Gasteiger partial charge in [0, 0.05) is 11.1 Å². The number of carbonyl (C=O) groups is 1. The molecule has 0 aliphatic heterocycles. The van der Waals surface area contributed by atoms with Crippen molar-refractivity contribution in [3.63, 3.8) is 0 Å². The molecule has 0 amide bonds. The summed E-state index contributed by atoms with van der Waals surface area (Å²) in [5, 5.41) is 9.66. The van der Waals surface area contributed by atoms with Crippen LogP contribution in [0, 0.1) is 0 Å². The highest BCUT2D eigenvalue weighted by Gasteiger charge is 2.15. The van der Waals surface area contributed by atoms with E-state index < -0.39 is 5.97 Å². The second-order valence-corrected chi connectivity index (χ2v) is 5.54. The van der Waals surface area contributed by atoms with Gasteiger partial charge in [0.25, 0.3) is 0 Å². The summed E-state index contributed by atoms with van der Waals surface area (Å²) >= 11 is 2.62. The molecular weight excluding hydrogens is 296 g/mol. The van der Waals surface area contributed by atoms with Gasteiger partial charge in [-0.3, -0.25) is 0 Å². The first-order chi connectivity index (χ1) is 9.63. The molecule has 0 unspecified atom stereocenters. The van der Waals surface area contributed by atoms with Crippen molar-refractivity contribution < 1.29 is 14.6 Å². The van der Waals surface area contributed by atoms with Crippen molar-refractivity contribution in [3.8, 4) is 5.75 Å². The van der Waals surface area contributed by atoms with Gasteiger partial charge in [0.1, 0.15) is 5.75 Å². The molecule has 0 aliphatic carbocycles. The van der Waals surface area contributed by atoms with Gasteiger partial charge in [-0.25, -0.2) is 14.8 Å². The van der Waals surface area contributed by atoms with E-state index in [1.54, 1.807) is 13.4 Å². The zero-order valence-corrected chi connectivity index (χ0v) is 12.5. The molecule has 2 aromatic rings. The highest BCUT2D eigenvalue weighted by Crippen LogP contribution is 2.31.